The van der Waals surface area contributed by atoms with Crippen LogP contribution in [0, 0.1) is 11.3 Å². The van der Waals surface area contributed by atoms with E-state index in [2.05, 4.69) is 0 Å². The minimum absolute atomic E-state index is 0.0193. The predicted octanol–water partition coefficient (Wildman–Crippen LogP) is 2.60. The molecule has 0 fully saturated rings. The second-order valence-electron chi connectivity index (χ2n) is 7.75. The van der Waals surface area contributed by atoms with Crippen LogP contribution in [0.25, 0.3) is 0 Å². The van der Waals surface area contributed by atoms with Gasteiger partial charge in [0.25, 0.3) is 0 Å². The highest BCUT2D eigenvalue weighted by Gasteiger charge is 2.61. The van der Waals surface area contributed by atoms with Gasteiger partial charge in [-0.25, -0.2) is 0 Å². The van der Waals surface area contributed by atoms with Crippen molar-refractivity contribution in [2.45, 2.75) is 25.9 Å². The van der Waals surface area contributed by atoms with Crippen LogP contribution in [0.3, 0.4) is 0 Å². The maximum atomic E-state index is 14.0. The van der Waals surface area contributed by atoms with Crippen molar-refractivity contribution in [3.8, 4) is 6.07 Å². The number of hydrogen-bond donors (Lipinski definition) is 1. The third kappa shape index (κ3) is 3.34. The van der Waals surface area contributed by atoms with Gasteiger partial charge in [0.2, 0.25) is 11.8 Å². The van der Waals surface area contributed by atoms with Gasteiger partial charge in [0, 0.05) is 11.3 Å². The summed E-state index contributed by atoms with van der Waals surface area (Å²) in [5, 5.41) is 9.93. The number of para-hydroxylation sites is 1. The highest BCUT2D eigenvalue weighted by atomic mass is 16.5. The summed E-state index contributed by atoms with van der Waals surface area (Å²) in [4.78, 5) is 40.6. The summed E-state index contributed by atoms with van der Waals surface area (Å²) in [6.07, 6.45) is 0. The largest absolute Gasteiger partial charge is 0.459 e. The van der Waals surface area contributed by atoms with E-state index in [1.807, 2.05) is 36.4 Å². The minimum atomic E-state index is -1.79. The number of anilines is 1. The van der Waals surface area contributed by atoms with E-state index in [0.717, 1.165) is 5.56 Å². The van der Waals surface area contributed by atoms with Gasteiger partial charge in [-0.2, -0.15) is 5.26 Å². The maximum absolute atomic E-state index is 14.0. The summed E-state index contributed by atoms with van der Waals surface area (Å²) < 4.78 is 10.8. The molecule has 2 aromatic carbocycles. The van der Waals surface area contributed by atoms with Gasteiger partial charge in [0.05, 0.1) is 5.57 Å². The lowest BCUT2D eigenvalue weighted by molar-refractivity contribution is -0.144. The zero-order chi connectivity index (χ0) is 23.8. The molecule has 1 amide bonds. The van der Waals surface area contributed by atoms with Gasteiger partial charge in [0.15, 0.2) is 5.78 Å². The van der Waals surface area contributed by atoms with Gasteiger partial charge in [-0.3, -0.25) is 19.3 Å². The molecule has 0 aromatic heterocycles. The van der Waals surface area contributed by atoms with E-state index >= 15 is 0 Å². The maximum Gasteiger partial charge on any atom is 0.326 e. The number of amides is 1. The Balaban J connectivity index is 1.77. The summed E-state index contributed by atoms with van der Waals surface area (Å²) in [6, 6.07) is 17.8. The molecule has 0 bridgehead atoms. The van der Waals surface area contributed by atoms with Crippen molar-refractivity contribution in [3.63, 3.8) is 0 Å². The number of benzene rings is 2. The van der Waals surface area contributed by atoms with E-state index in [1.165, 1.54) is 18.7 Å². The number of esters is 1. The van der Waals surface area contributed by atoms with Crippen LogP contribution < -0.4 is 10.6 Å². The average Bonchev–Trinajstić information content (AvgIpc) is 3.02. The van der Waals surface area contributed by atoms with Crippen molar-refractivity contribution in [3.05, 3.63) is 88.5 Å². The number of allylic oxidation sites excluding steroid dienone is 1. The number of carbonyl (C=O) groups excluding carboxylic acids is 3. The number of hydrogen-bond acceptors (Lipinski definition) is 7. The molecule has 166 valence electrons. The van der Waals surface area contributed by atoms with Gasteiger partial charge in [-0.1, -0.05) is 48.5 Å². The average molecular weight is 443 g/mol. The van der Waals surface area contributed by atoms with E-state index in [4.69, 9.17) is 15.2 Å². The van der Waals surface area contributed by atoms with Crippen molar-refractivity contribution >= 4 is 23.3 Å². The van der Waals surface area contributed by atoms with E-state index in [1.54, 1.807) is 24.3 Å². The molecule has 0 saturated carbocycles. The van der Waals surface area contributed by atoms with Crippen molar-refractivity contribution in [2.24, 2.45) is 5.73 Å². The monoisotopic (exact) mass is 443 g/mol. The van der Waals surface area contributed by atoms with Crippen LogP contribution in [0.15, 0.2) is 77.4 Å². The van der Waals surface area contributed by atoms with Crippen LogP contribution in [-0.4, -0.2) is 24.2 Å². The van der Waals surface area contributed by atoms with Crippen molar-refractivity contribution < 1.29 is 23.9 Å². The molecule has 1 atom stereocenters. The van der Waals surface area contributed by atoms with E-state index in [9.17, 15) is 19.6 Å². The van der Waals surface area contributed by atoms with Gasteiger partial charge in [-0.05, 0) is 25.5 Å². The second-order valence-corrected chi connectivity index (χ2v) is 7.75. The van der Waals surface area contributed by atoms with Crippen molar-refractivity contribution in [2.75, 3.05) is 11.4 Å². The molecule has 8 nitrogen and oxygen atoms in total. The molecule has 2 N–H and O–H groups in total. The molecule has 2 aliphatic rings. The van der Waals surface area contributed by atoms with Gasteiger partial charge >= 0.3 is 5.97 Å². The zero-order valence-corrected chi connectivity index (χ0v) is 18.1. The fourth-order valence-corrected chi connectivity index (χ4v) is 4.50. The van der Waals surface area contributed by atoms with Crippen LogP contribution in [0.1, 0.15) is 25.0 Å². The molecule has 1 spiro atoms. The van der Waals surface area contributed by atoms with Gasteiger partial charge < -0.3 is 15.2 Å². The lowest BCUT2D eigenvalue weighted by Crippen LogP contribution is -2.49. The van der Waals surface area contributed by atoms with E-state index in [-0.39, 0.29) is 29.4 Å². The molecule has 2 aromatic rings. The Labute approximate surface area is 190 Å². The number of nitriles is 1. The highest BCUT2D eigenvalue weighted by molar-refractivity contribution is 6.20. The van der Waals surface area contributed by atoms with Crippen LogP contribution >= 0.6 is 0 Å². The molecule has 0 saturated heterocycles. The SMILES string of the molecule is CC(=O)C1=C(C)OC(N)=C(C#N)C12C(=O)N(CC(=O)OCc1ccccc1)c1ccccc12. The van der Waals surface area contributed by atoms with Gasteiger partial charge in [0.1, 0.15) is 36.0 Å². The number of Topliss-reactive ketones (excluding diaryl/α,β-unsaturated/α-hetero) is 1. The molecule has 4 rings (SSSR count). The third-order valence-corrected chi connectivity index (χ3v) is 5.77. The molecule has 2 aliphatic heterocycles. The summed E-state index contributed by atoms with van der Waals surface area (Å²) in [6.45, 7) is 2.48. The minimum Gasteiger partial charge on any atom is -0.459 e. The number of fused-ring (bicyclic) bond motifs is 2. The Bertz CT molecular complexity index is 1270. The first-order valence-corrected chi connectivity index (χ1v) is 10.2. The molecular weight excluding hydrogens is 422 g/mol. The van der Waals surface area contributed by atoms with Crippen molar-refractivity contribution in [1.29, 1.82) is 5.26 Å². The standard InChI is InChI=1S/C25H21N3O5/c1-15(29)22-16(2)33-23(27)19(12-26)25(22)18-10-6-7-11-20(18)28(24(25)31)13-21(30)32-14-17-8-4-3-5-9-17/h3-11H,13-14,27H2,1-2H3. The lowest BCUT2D eigenvalue weighted by atomic mass is 9.67. The van der Waals surface area contributed by atoms with E-state index in [0.29, 0.717) is 11.3 Å². The van der Waals surface area contributed by atoms with E-state index < -0.39 is 29.6 Å². The van der Waals surface area contributed by atoms with Crippen LogP contribution in [0.4, 0.5) is 5.69 Å². The first kappa shape index (κ1) is 21.8. The lowest BCUT2D eigenvalue weighted by Gasteiger charge is -2.34. The fourth-order valence-electron chi connectivity index (χ4n) is 4.50. The quantitative estimate of drug-likeness (QED) is 0.705. The van der Waals surface area contributed by atoms with Gasteiger partial charge in [-0.15, -0.1) is 0 Å². The number of nitrogens with two attached hydrogens (primary N) is 1. The number of carbonyl (C=O) groups is 3. The molecule has 8 heteroatoms. The molecule has 2 heterocycles. The molecule has 0 radical (unpaired) electrons. The third-order valence-electron chi connectivity index (χ3n) is 5.77. The summed E-state index contributed by atoms with van der Waals surface area (Å²) in [5.74, 6) is -1.82. The smallest absolute Gasteiger partial charge is 0.326 e. The number of ether oxygens (including phenoxy) is 2. The van der Waals surface area contributed by atoms with Crippen LogP contribution in [0.5, 0.6) is 0 Å². The Kier molecular flexibility index (Phi) is 5.48. The molecule has 0 aliphatic carbocycles. The van der Waals surface area contributed by atoms with Crippen LogP contribution in [0.2, 0.25) is 0 Å². The van der Waals surface area contributed by atoms with Crippen LogP contribution in [-0.2, 0) is 35.9 Å². The Hall–Kier alpha value is -4.38. The number of rotatable bonds is 5. The van der Waals surface area contributed by atoms with Crippen molar-refractivity contribution in [1.82, 2.24) is 0 Å². The highest BCUT2D eigenvalue weighted by Crippen LogP contribution is 2.53. The Morgan fingerprint density at radius 1 is 1.15 bits per heavy atom. The Morgan fingerprint density at radius 2 is 1.82 bits per heavy atom. The second kappa shape index (κ2) is 8.28. The number of ketones is 1. The first-order valence-electron chi connectivity index (χ1n) is 10.2. The summed E-state index contributed by atoms with van der Waals surface area (Å²) in [7, 11) is 0. The fraction of sp³-hybridized carbons (Fsp3) is 0.200. The number of nitrogens with zero attached hydrogens (tertiary/aromatic N) is 2. The predicted molar refractivity (Wildman–Crippen MR) is 118 cm³/mol. The summed E-state index contributed by atoms with van der Waals surface area (Å²) >= 11 is 0. The topological polar surface area (TPSA) is 123 Å². The molecule has 1 unspecified atom stereocenters. The normalized spacial score (nSPS) is 19.3. The molecular formula is C25H21N3O5. The molecule has 33 heavy (non-hydrogen) atoms. The summed E-state index contributed by atoms with van der Waals surface area (Å²) in [5.41, 5.74) is 5.64. The Morgan fingerprint density at radius 3 is 2.48 bits per heavy atom. The first-order chi connectivity index (χ1) is 15.8. The zero-order valence-electron chi connectivity index (χ0n) is 18.1.